The number of hydrogen-bond acceptors (Lipinski definition) is 2. The average Bonchev–Trinajstić information content (AvgIpc) is 2.82. The molecule has 172 valence electrons. The van der Waals surface area contributed by atoms with E-state index in [9.17, 15) is 8.78 Å². The van der Waals surface area contributed by atoms with E-state index in [0.717, 1.165) is 49.3 Å². The topological polar surface area (TPSA) is 33.0 Å². The minimum absolute atomic E-state index is 0.281. The SMILES string of the molecule is COCCC1CCC(c2ccc3c(F)c(CCc4cc(F)c(C#N)c(F)c4)ccc3c2)CC1. The van der Waals surface area contributed by atoms with Crippen LogP contribution in [0.5, 0.6) is 0 Å². The Morgan fingerprint density at radius 2 is 1.67 bits per heavy atom. The number of nitriles is 1. The third-order valence-electron chi connectivity index (χ3n) is 7.00. The van der Waals surface area contributed by atoms with Gasteiger partial charge in [-0.25, -0.2) is 13.2 Å². The van der Waals surface area contributed by atoms with Gasteiger partial charge < -0.3 is 4.74 Å². The van der Waals surface area contributed by atoms with Crippen LogP contribution in [0.2, 0.25) is 0 Å². The van der Waals surface area contributed by atoms with Crippen LogP contribution in [-0.2, 0) is 17.6 Å². The van der Waals surface area contributed by atoms with Crippen molar-refractivity contribution < 1.29 is 17.9 Å². The first kappa shape index (κ1) is 23.3. The lowest BCUT2D eigenvalue weighted by Gasteiger charge is -2.29. The summed E-state index contributed by atoms with van der Waals surface area (Å²) >= 11 is 0. The third-order valence-corrected chi connectivity index (χ3v) is 7.00. The van der Waals surface area contributed by atoms with Crippen molar-refractivity contribution in [2.45, 2.75) is 50.9 Å². The predicted molar refractivity (Wildman–Crippen MR) is 124 cm³/mol. The van der Waals surface area contributed by atoms with E-state index >= 15 is 4.39 Å². The second kappa shape index (κ2) is 10.4. The van der Waals surface area contributed by atoms with Gasteiger partial charge >= 0.3 is 0 Å². The van der Waals surface area contributed by atoms with Gasteiger partial charge in [0.2, 0.25) is 0 Å². The van der Waals surface area contributed by atoms with Crippen LogP contribution in [0.3, 0.4) is 0 Å². The minimum atomic E-state index is -0.883. The van der Waals surface area contributed by atoms with E-state index in [2.05, 4.69) is 6.07 Å². The number of rotatable bonds is 7. The lowest BCUT2D eigenvalue weighted by Crippen LogP contribution is -2.14. The zero-order chi connectivity index (χ0) is 23.4. The van der Waals surface area contributed by atoms with Crippen molar-refractivity contribution in [3.8, 4) is 6.07 Å². The summed E-state index contributed by atoms with van der Waals surface area (Å²) < 4.78 is 48.1. The monoisotopic (exact) mass is 451 g/mol. The highest BCUT2D eigenvalue weighted by molar-refractivity contribution is 5.84. The summed E-state index contributed by atoms with van der Waals surface area (Å²) in [5, 5.41) is 10.2. The molecular weight excluding hydrogens is 423 g/mol. The summed E-state index contributed by atoms with van der Waals surface area (Å²) in [6, 6.07) is 13.5. The third kappa shape index (κ3) is 5.23. The molecule has 0 atom stereocenters. The van der Waals surface area contributed by atoms with Gasteiger partial charge in [-0.1, -0.05) is 30.3 Å². The molecule has 0 heterocycles. The highest BCUT2D eigenvalue weighted by atomic mass is 19.1. The van der Waals surface area contributed by atoms with E-state index in [4.69, 9.17) is 10.00 Å². The Morgan fingerprint density at radius 3 is 2.33 bits per heavy atom. The molecule has 1 aliphatic rings. The summed E-state index contributed by atoms with van der Waals surface area (Å²) in [7, 11) is 1.75. The Bertz CT molecular complexity index is 1150. The molecule has 0 aliphatic heterocycles. The fourth-order valence-corrected chi connectivity index (χ4v) is 5.03. The van der Waals surface area contributed by atoms with Crippen molar-refractivity contribution in [2.75, 3.05) is 13.7 Å². The Balaban J connectivity index is 1.46. The van der Waals surface area contributed by atoms with Crippen LogP contribution in [0.4, 0.5) is 13.2 Å². The Morgan fingerprint density at radius 1 is 0.939 bits per heavy atom. The number of methoxy groups -OCH3 is 1. The normalized spacial score (nSPS) is 18.4. The lowest BCUT2D eigenvalue weighted by atomic mass is 9.77. The maximum Gasteiger partial charge on any atom is 0.144 e. The van der Waals surface area contributed by atoms with Gasteiger partial charge in [0.25, 0.3) is 0 Å². The number of ether oxygens (including phenoxy) is 1. The summed E-state index contributed by atoms with van der Waals surface area (Å²) in [5.74, 6) is -0.799. The summed E-state index contributed by atoms with van der Waals surface area (Å²) in [4.78, 5) is 0. The Kier molecular flexibility index (Phi) is 7.35. The molecule has 0 spiro atoms. The molecule has 0 saturated heterocycles. The van der Waals surface area contributed by atoms with E-state index in [-0.39, 0.29) is 12.2 Å². The molecule has 0 unspecified atom stereocenters. The number of benzene rings is 3. The maximum absolute atomic E-state index is 15.2. The summed E-state index contributed by atoms with van der Waals surface area (Å²) in [6.45, 7) is 0.821. The fourth-order valence-electron chi connectivity index (χ4n) is 5.03. The molecule has 0 amide bonds. The van der Waals surface area contributed by atoms with Gasteiger partial charge in [-0.15, -0.1) is 0 Å². The molecule has 3 aromatic rings. The van der Waals surface area contributed by atoms with Crippen LogP contribution < -0.4 is 0 Å². The molecule has 3 aromatic carbocycles. The zero-order valence-corrected chi connectivity index (χ0v) is 18.8. The zero-order valence-electron chi connectivity index (χ0n) is 18.8. The van der Waals surface area contributed by atoms with Crippen molar-refractivity contribution in [1.29, 1.82) is 5.26 Å². The van der Waals surface area contributed by atoms with Crippen LogP contribution in [0, 0.1) is 34.7 Å². The number of halogens is 3. The number of aryl methyl sites for hydroxylation is 2. The average molecular weight is 452 g/mol. The van der Waals surface area contributed by atoms with Crippen molar-refractivity contribution in [1.82, 2.24) is 0 Å². The highest BCUT2D eigenvalue weighted by Crippen LogP contribution is 2.38. The second-order valence-corrected chi connectivity index (χ2v) is 9.06. The first-order valence-corrected chi connectivity index (χ1v) is 11.6. The number of hydrogen-bond donors (Lipinski definition) is 0. The van der Waals surface area contributed by atoms with Crippen LogP contribution >= 0.6 is 0 Å². The first-order chi connectivity index (χ1) is 16.0. The van der Waals surface area contributed by atoms with Crippen LogP contribution in [0.15, 0.2) is 42.5 Å². The van der Waals surface area contributed by atoms with Gasteiger partial charge in [0.1, 0.15) is 29.1 Å². The quantitative estimate of drug-likeness (QED) is 0.380. The van der Waals surface area contributed by atoms with Crippen molar-refractivity contribution in [3.05, 3.63) is 82.2 Å². The lowest BCUT2D eigenvalue weighted by molar-refractivity contribution is 0.163. The minimum Gasteiger partial charge on any atom is -0.385 e. The first-order valence-electron chi connectivity index (χ1n) is 11.6. The van der Waals surface area contributed by atoms with Crippen molar-refractivity contribution in [2.24, 2.45) is 5.92 Å². The van der Waals surface area contributed by atoms with Gasteiger partial charge in [-0.3, -0.25) is 0 Å². The van der Waals surface area contributed by atoms with E-state index < -0.39 is 17.2 Å². The van der Waals surface area contributed by atoms with Gasteiger partial charge in [0.15, 0.2) is 0 Å². The highest BCUT2D eigenvalue weighted by Gasteiger charge is 2.22. The summed E-state index contributed by atoms with van der Waals surface area (Å²) in [6.07, 6.45) is 6.44. The van der Waals surface area contributed by atoms with Crippen LogP contribution in [0.25, 0.3) is 10.8 Å². The molecule has 5 heteroatoms. The molecule has 0 N–H and O–H groups in total. The van der Waals surface area contributed by atoms with Crippen LogP contribution in [-0.4, -0.2) is 13.7 Å². The molecule has 4 rings (SSSR count). The van der Waals surface area contributed by atoms with E-state index in [0.29, 0.717) is 28.9 Å². The Hall–Kier alpha value is -2.84. The molecule has 1 aliphatic carbocycles. The Labute approximate surface area is 193 Å². The largest absolute Gasteiger partial charge is 0.385 e. The van der Waals surface area contributed by atoms with Crippen molar-refractivity contribution in [3.63, 3.8) is 0 Å². The van der Waals surface area contributed by atoms with Gasteiger partial charge in [-0.05, 0) is 91.0 Å². The standard InChI is InChI=1S/C28H28F3NO/c1-33-13-12-18-2-5-20(6-3-18)22-10-11-24-23(16-22)9-8-21(28(24)31)7-4-19-14-26(29)25(17-32)27(30)15-19/h8-11,14-16,18,20H,2-7,12-13H2,1H3. The fraction of sp³-hybridized carbons (Fsp3) is 0.393. The predicted octanol–water partition coefficient (Wildman–Crippen LogP) is 7.22. The molecule has 0 aromatic heterocycles. The molecule has 33 heavy (non-hydrogen) atoms. The molecule has 1 fully saturated rings. The molecule has 0 radical (unpaired) electrons. The van der Waals surface area contributed by atoms with Crippen molar-refractivity contribution >= 4 is 10.8 Å². The van der Waals surface area contributed by atoms with Gasteiger partial charge in [-0.2, -0.15) is 5.26 Å². The van der Waals surface area contributed by atoms with Gasteiger partial charge in [0, 0.05) is 19.1 Å². The number of nitrogens with zero attached hydrogens (tertiary/aromatic N) is 1. The van der Waals surface area contributed by atoms with Gasteiger partial charge in [0.05, 0.1) is 0 Å². The molecular formula is C28H28F3NO. The smallest absolute Gasteiger partial charge is 0.144 e. The maximum atomic E-state index is 15.2. The number of fused-ring (bicyclic) bond motifs is 1. The molecule has 0 bridgehead atoms. The summed E-state index contributed by atoms with van der Waals surface area (Å²) in [5.41, 5.74) is 1.59. The molecule has 1 saturated carbocycles. The van der Waals surface area contributed by atoms with E-state index in [1.165, 1.54) is 24.5 Å². The van der Waals surface area contributed by atoms with Crippen LogP contribution in [0.1, 0.15) is 60.3 Å². The second-order valence-electron chi connectivity index (χ2n) is 9.06. The van der Waals surface area contributed by atoms with E-state index in [1.54, 1.807) is 13.2 Å². The molecule has 2 nitrogen and oxygen atoms in total. The van der Waals surface area contributed by atoms with E-state index in [1.807, 2.05) is 18.2 Å².